The van der Waals surface area contributed by atoms with Crippen LogP contribution in [0.15, 0.2) is 54.6 Å². The lowest BCUT2D eigenvalue weighted by Gasteiger charge is -2.35. The SMILES string of the molecule is COc1ccc(C[C@H]2NC(=O)/C=C/C[C@@H]([C@H](C)[C@H]3O[C@@H]3c3ccc(CN4CCN(C(=O)CCC(C)(C)S)CC4)cc3)OC(=O)[C@H](CC(C)C)OC(=O)[C@H](C)CNC2=O)cc1Cl. The van der Waals surface area contributed by atoms with E-state index in [1.54, 1.807) is 31.2 Å². The molecule has 3 amide bonds. The number of epoxide rings is 1. The molecule has 0 radical (unpaired) electrons. The van der Waals surface area contributed by atoms with Gasteiger partial charge in [0, 0.05) is 69.2 Å². The molecule has 61 heavy (non-hydrogen) atoms. The number of cyclic esters (lactones) is 2. The van der Waals surface area contributed by atoms with E-state index in [-0.39, 0.29) is 60.5 Å². The Bertz CT molecular complexity index is 1880. The van der Waals surface area contributed by atoms with Gasteiger partial charge in [-0.1, -0.05) is 89.6 Å². The van der Waals surface area contributed by atoms with Gasteiger partial charge in [0.15, 0.2) is 6.10 Å². The standard InChI is InChI=1S/C46H63ClN4O9S/c1-28(2)23-38-45(56)58-36(9-8-10-39(52)49-35(43(54)48-26-29(3)44(55)59-38)25-32-13-16-37(57-7)34(47)24-32)30(4)41-42(60-41)33-14-11-31(12-15-33)27-50-19-21-51(22-20-50)40(53)17-18-46(5,6)61/h8,10-16,24,28-30,35-36,38,41-42,61H,9,17-23,25-27H2,1-7H3,(H,48,54)(H,49,52)/b10-8+/t29-,30+,35-,36+,38+,41-,42-/m1/s1. The van der Waals surface area contributed by atoms with Crippen molar-refractivity contribution in [2.75, 3.05) is 39.8 Å². The van der Waals surface area contributed by atoms with Gasteiger partial charge in [0.2, 0.25) is 17.7 Å². The normalized spacial score (nSPS) is 25.8. The molecule has 0 saturated carbocycles. The van der Waals surface area contributed by atoms with Gasteiger partial charge in [0.25, 0.3) is 0 Å². The summed E-state index contributed by atoms with van der Waals surface area (Å²) in [5, 5.41) is 5.89. The zero-order chi connectivity index (χ0) is 44.4. The van der Waals surface area contributed by atoms with Crippen LogP contribution in [0.1, 0.15) is 90.0 Å². The fraction of sp³-hybridized carbons (Fsp3) is 0.587. The van der Waals surface area contributed by atoms with Gasteiger partial charge in [-0.05, 0) is 53.7 Å². The molecule has 3 aliphatic rings. The molecule has 3 heterocycles. The molecule has 0 bridgehead atoms. The number of hydrogen-bond donors (Lipinski definition) is 3. The van der Waals surface area contributed by atoms with Crippen molar-refractivity contribution in [3.05, 3.63) is 76.3 Å². The molecule has 7 atom stereocenters. The molecule has 0 aromatic heterocycles. The maximum absolute atomic E-state index is 13.8. The lowest BCUT2D eigenvalue weighted by molar-refractivity contribution is -0.176. The van der Waals surface area contributed by atoms with Crippen LogP contribution in [0.2, 0.25) is 5.02 Å². The van der Waals surface area contributed by atoms with E-state index in [0.29, 0.717) is 35.8 Å². The number of carbonyl (C=O) groups excluding carboxylic acids is 5. The second-order valence-electron chi connectivity index (χ2n) is 17.6. The van der Waals surface area contributed by atoms with Crippen LogP contribution in [-0.2, 0) is 51.1 Å². The van der Waals surface area contributed by atoms with Gasteiger partial charge in [0.1, 0.15) is 24.0 Å². The summed E-state index contributed by atoms with van der Waals surface area (Å²) in [7, 11) is 1.51. The lowest BCUT2D eigenvalue weighted by atomic mass is 9.93. The molecule has 0 aliphatic carbocycles. The Morgan fingerprint density at radius 2 is 1.67 bits per heavy atom. The molecule has 13 nitrogen and oxygen atoms in total. The number of esters is 2. The smallest absolute Gasteiger partial charge is 0.347 e. The van der Waals surface area contributed by atoms with E-state index >= 15 is 0 Å². The number of amides is 3. The summed E-state index contributed by atoms with van der Waals surface area (Å²) >= 11 is 10.9. The van der Waals surface area contributed by atoms with Crippen molar-refractivity contribution in [1.29, 1.82) is 0 Å². The fourth-order valence-corrected chi connectivity index (χ4v) is 7.94. The van der Waals surface area contributed by atoms with Gasteiger partial charge in [-0.3, -0.25) is 24.1 Å². The molecule has 0 spiro atoms. The average Bonchev–Trinajstić information content (AvgIpc) is 4.01. The third-order valence-corrected chi connectivity index (χ3v) is 11.9. The molecule has 0 unspecified atom stereocenters. The number of nitrogens with zero attached hydrogens (tertiary/aromatic N) is 2. The monoisotopic (exact) mass is 882 g/mol. The molecule has 2 aromatic carbocycles. The van der Waals surface area contributed by atoms with Crippen molar-refractivity contribution in [3.63, 3.8) is 0 Å². The van der Waals surface area contributed by atoms with Gasteiger partial charge < -0.3 is 34.5 Å². The number of ether oxygens (including phenoxy) is 4. The van der Waals surface area contributed by atoms with Crippen LogP contribution < -0.4 is 15.4 Å². The van der Waals surface area contributed by atoms with Crippen molar-refractivity contribution in [3.8, 4) is 5.75 Å². The van der Waals surface area contributed by atoms with E-state index in [2.05, 4.69) is 52.4 Å². The van der Waals surface area contributed by atoms with Crippen molar-refractivity contribution in [2.45, 2.75) is 115 Å². The quantitative estimate of drug-likeness (QED) is 0.127. The van der Waals surface area contributed by atoms with E-state index in [4.69, 9.17) is 30.5 Å². The number of rotatable bonds is 13. The molecule has 2 aromatic rings. The van der Waals surface area contributed by atoms with Crippen LogP contribution in [0.5, 0.6) is 5.75 Å². The molecule has 5 rings (SSSR count). The van der Waals surface area contributed by atoms with Crippen molar-refractivity contribution in [1.82, 2.24) is 20.4 Å². The summed E-state index contributed by atoms with van der Waals surface area (Å²) in [4.78, 5) is 70.8. The van der Waals surface area contributed by atoms with Crippen LogP contribution >= 0.6 is 24.2 Å². The molecule has 15 heteroatoms. The highest BCUT2D eigenvalue weighted by molar-refractivity contribution is 7.81. The number of halogens is 1. The number of thiol groups is 1. The van der Waals surface area contributed by atoms with Gasteiger partial charge in [-0.25, -0.2) is 4.79 Å². The van der Waals surface area contributed by atoms with Crippen molar-refractivity contribution < 1.29 is 42.9 Å². The molecule has 2 fully saturated rings. The van der Waals surface area contributed by atoms with Crippen LogP contribution in [0.25, 0.3) is 0 Å². The van der Waals surface area contributed by atoms with Crippen LogP contribution in [0.4, 0.5) is 0 Å². The maximum Gasteiger partial charge on any atom is 0.347 e. The first-order valence-corrected chi connectivity index (χ1v) is 22.2. The second-order valence-corrected chi connectivity index (χ2v) is 19.3. The lowest BCUT2D eigenvalue weighted by Crippen LogP contribution is -2.49. The average molecular weight is 884 g/mol. The summed E-state index contributed by atoms with van der Waals surface area (Å²) in [6.07, 6.45) is 2.37. The Morgan fingerprint density at radius 3 is 2.31 bits per heavy atom. The molecular weight excluding hydrogens is 820 g/mol. The number of nitrogens with one attached hydrogen (secondary N) is 2. The van der Waals surface area contributed by atoms with E-state index in [9.17, 15) is 24.0 Å². The summed E-state index contributed by atoms with van der Waals surface area (Å²) in [5.74, 6) is -2.76. The predicted octanol–water partition coefficient (Wildman–Crippen LogP) is 5.87. The second kappa shape index (κ2) is 21.8. The predicted molar refractivity (Wildman–Crippen MR) is 236 cm³/mol. The van der Waals surface area contributed by atoms with E-state index < -0.39 is 47.9 Å². The molecule has 3 aliphatic heterocycles. The van der Waals surface area contributed by atoms with Gasteiger partial charge in [-0.2, -0.15) is 12.6 Å². The number of benzene rings is 2. The first-order valence-electron chi connectivity index (χ1n) is 21.4. The minimum absolute atomic E-state index is 0.00597. The number of carbonyl (C=O) groups is 5. The first-order chi connectivity index (χ1) is 28.9. The Balaban J connectivity index is 1.25. The summed E-state index contributed by atoms with van der Waals surface area (Å²) < 4.78 is 23.2. The Morgan fingerprint density at radius 1 is 0.984 bits per heavy atom. The summed E-state index contributed by atoms with van der Waals surface area (Å²) in [6, 6.07) is 12.5. The highest BCUT2D eigenvalue weighted by Gasteiger charge is 2.48. The van der Waals surface area contributed by atoms with E-state index in [1.807, 2.05) is 39.5 Å². The minimum atomic E-state index is -1.16. The van der Waals surface area contributed by atoms with Crippen molar-refractivity contribution in [2.24, 2.45) is 17.8 Å². The van der Waals surface area contributed by atoms with Gasteiger partial charge in [-0.15, -0.1) is 0 Å². The largest absolute Gasteiger partial charge is 0.495 e. The van der Waals surface area contributed by atoms with Crippen LogP contribution in [0, 0.1) is 17.8 Å². The fourth-order valence-electron chi connectivity index (χ4n) is 7.54. The summed E-state index contributed by atoms with van der Waals surface area (Å²) in [6.45, 7) is 15.2. The Hall–Kier alpha value is -4.11. The maximum atomic E-state index is 13.8. The van der Waals surface area contributed by atoms with Gasteiger partial charge >= 0.3 is 11.9 Å². The highest BCUT2D eigenvalue weighted by Crippen LogP contribution is 2.45. The van der Waals surface area contributed by atoms with Crippen LogP contribution in [-0.4, -0.2) is 108 Å². The number of methoxy groups -OCH3 is 1. The topological polar surface area (TPSA) is 156 Å². The minimum Gasteiger partial charge on any atom is -0.495 e. The van der Waals surface area contributed by atoms with Crippen molar-refractivity contribution >= 4 is 53.9 Å². The zero-order valence-corrected chi connectivity index (χ0v) is 38.1. The molecule has 2 N–H and O–H groups in total. The highest BCUT2D eigenvalue weighted by atomic mass is 35.5. The van der Waals surface area contributed by atoms with Gasteiger partial charge in [0.05, 0.1) is 24.2 Å². The Kier molecular flexibility index (Phi) is 17.1. The molecule has 334 valence electrons. The molecular formula is C46H63ClN4O9S. The van der Waals surface area contributed by atoms with Crippen LogP contribution in [0.3, 0.4) is 0 Å². The summed E-state index contributed by atoms with van der Waals surface area (Å²) in [5.41, 5.74) is 2.85. The molecule has 2 saturated heterocycles. The van der Waals surface area contributed by atoms with E-state index in [1.165, 1.54) is 13.2 Å². The van der Waals surface area contributed by atoms with E-state index in [0.717, 1.165) is 37.2 Å². The zero-order valence-electron chi connectivity index (χ0n) is 36.5. The third-order valence-electron chi connectivity index (χ3n) is 11.4. The third kappa shape index (κ3) is 14.5. The Labute approximate surface area is 371 Å². The first kappa shape index (κ1) is 47.9. The number of hydrogen-bond acceptors (Lipinski definition) is 11. The number of piperazine rings is 1.